The van der Waals surface area contributed by atoms with Gasteiger partial charge in [-0.15, -0.1) is 0 Å². The van der Waals surface area contributed by atoms with Crippen molar-refractivity contribution in [2.45, 2.75) is 19.9 Å². The van der Waals surface area contributed by atoms with Gasteiger partial charge < -0.3 is 24.3 Å². The number of benzene rings is 2. The lowest BCUT2D eigenvalue weighted by Crippen LogP contribution is -2.28. The molecule has 1 heterocycles. The quantitative estimate of drug-likeness (QED) is 0.683. The van der Waals surface area contributed by atoms with Gasteiger partial charge in [0.25, 0.3) is 5.91 Å². The number of fused-ring (bicyclic) bond motifs is 1. The summed E-state index contributed by atoms with van der Waals surface area (Å²) in [6, 6.07) is 10.4. The Morgan fingerprint density at radius 3 is 2.81 bits per heavy atom. The Kier molecular flexibility index (Phi) is 6.14. The standard InChI is InChI=1S/C20H21NO6/c1-2-7-24-16-5-4-15(11-22)18(9-16)25-12-20(23)21-10-14-3-6-17-19(8-14)27-13-26-17/h3-6,8-9,11H,2,7,10,12-13H2,1H3,(H,21,23). The molecule has 0 aliphatic carbocycles. The van der Waals surface area contributed by atoms with Crippen LogP contribution in [0.1, 0.15) is 29.3 Å². The van der Waals surface area contributed by atoms with Gasteiger partial charge in [-0.05, 0) is 36.2 Å². The lowest BCUT2D eigenvalue weighted by Gasteiger charge is -2.11. The monoisotopic (exact) mass is 371 g/mol. The molecule has 1 N–H and O–H groups in total. The molecular weight excluding hydrogens is 350 g/mol. The number of rotatable bonds is 9. The summed E-state index contributed by atoms with van der Waals surface area (Å²) in [5, 5.41) is 2.77. The summed E-state index contributed by atoms with van der Waals surface area (Å²) in [4.78, 5) is 23.2. The average molecular weight is 371 g/mol. The van der Waals surface area contributed by atoms with Gasteiger partial charge in [-0.1, -0.05) is 13.0 Å². The summed E-state index contributed by atoms with van der Waals surface area (Å²) in [6.07, 6.45) is 1.55. The number of nitrogens with one attached hydrogen (secondary N) is 1. The van der Waals surface area contributed by atoms with Crippen LogP contribution in [0.2, 0.25) is 0 Å². The normalized spacial score (nSPS) is 11.7. The molecule has 2 aromatic rings. The molecular formula is C20H21NO6. The zero-order chi connectivity index (χ0) is 19.1. The maximum atomic E-state index is 12.1. The van der Waals surface area contributed by atoms with Crippen LogP contribution in [0.15, 0.2) is 36.4 Å². The molecule has 142 valence electrons. The van der Waals surface area contributed by atoms with E-state index in [1.165, 1.54) is 0 Å². The Hall–Kier alpha value is -3.22. The molecule has 0 saturated heterocycles. The molecule has 7 nitrogen and oxygen atoms in total. The fourth-order valence-electron chi connectivity index (χ4n) is 2.49. The van der Waals surface area contributed by atoms with Gasteiger partial charge >= 0.3 is 0 Å². The highest BCUT2D eigenvalue weighted by Gasteiger charge is 2.14. The first-order chi connectivity index (χ1) is 13.2. The molecule has 0 bridgehead atoms. The van der Waals surface area contributed by atoms with E-state index in [-0.39, 0.29) is 19.3 Å². The number of ether oxygens (including phenoxy) is 4. The Bertz CT molecular complexity index is 820. The number of carbonyl (C=O) groups excluding carboxylic acids is 2. The second-order valence-corrected chi connectivity index (χ2v) is 5.92. The Morgan fingerprint density at radius 1 is 1.15 bits per heavy atom. The van der Waals surface area contributed by atoms with Crippen molar-refractivity contribution in [3.05, 3.63) is 47.5 Å². The SMILES string of the molecule is CCCOc1ccc(C=O)c(OCC(=O)NCc2ccc3c(c2)OCO3)c1. The van der Waals surface area contributed by atoms with Crippen LogP contribution in [0.25, 0.3) is 0 Å². The minimum atomic E-state index is -0.301. The van der Waals surface area contributed by atoms with Crippen LogP contribution >= 0.6 is 0 Å². The minimum Gasteiger partial charge on any atom is -0.493 e. The number of hydrogen-bond acceptors (Lipinski definition) is 6. The first kappa shape index (κ1) is 18.6. The summed E-state index contributed by atoms with van der Waals surface area (Å²) >= 11 is 0. The maximum Gasteiger partial charge on any atom is 0.258 e. The summed E-state index contributed by atoms with van der Waals surface area (Å²) in [5.41, 5.74) is 1.25. The van der Waals surface area contributed by atoms with Crippen molar-refractivity contribution in [3.63, 3.8) is 0 Å². The molecule has 3 rings (SSSR count). The van der Waals surface area contributed by atoms with E-state index in [1.807, 2.05) is 19.1 Å². The average Bonchev–Trinajstić information content (AvgIpc) is 3.17. The van der Waals surface area contributed by atoms with Gasteiger partial charge in [0.2, 0.25) is 6.79 Å². The molecule has 1 aliphatic rings. The molecule has 1 amide bonds. The van der Waals surface area contributed by atoms with Crippen LogP contribution in [0.3, 0.4) is 0 Å². The van der Waals surface area contributed by atoms with Gasteiger partial charge in [0, 0.05) is 12.6 Å². The van der Waals surface area contributed by atoms with Gasteiger partial charge in [-0.3, -0.25) is 9.59 Å². The molecule has 0 atom stereocenters. The molecule has 1 aliphatic heterocycles. The van der Waals surface area contributed by atoms with E-state index < -0.39 is 0 Å². The van der Waals surface area contributed by atoms with Gasteiger partial charge in [0.05, 0.1) is 12.2 Å². The van der Waals surface area contributed by atoms with E-state index in [2.05, 4.69) is 5.32 Å². The predicted octanol–water partition coefficient (Wildman–Crippen LogP) is 2.71. The van der Waals surface area contributed by atoms with Crippen LogP contribution in [0, 0.1) is 0 Å². The van der Waals surface area contributed by atoms with E-state index in [0.29, 0.717) is 48.0 Å². The third-order valence-electron chi connectivity index (χ3n) is 3.87. The topological polar surface area (TPSA) is 83.1 Å². The first-order valence-corrected chi connectivity index (χ1v) is 8.69. The van der Waals surface area contributed by atoms with Gasteiger partial charge in [0.15, 0.2) is 24.4 Å². The van der Waals surface area contributed by atoms with Crippen molar-refractivity contribution in [2.24, 2.45) is 0 Å². The van der Waals surface area contributed by atoms with Crippen molar-refractivity contribution < 1.29 is 28.5 Å². The Balaban J connectivity index is 1.53. The summed E-state index contributed by atoms with van der Waals surface area (Å²) in [6.45, 7) is 2.90. The third-order valence-corrected chi connectivity index (χ3v) is 3.87. The van der Waals surface area contributed by atoms with E-state index in [9.17, 15) is 9.59 Å². The summed E-state index contributed by atoms with van der Waals surface area (Å²) in [5.74, 6) is 1.97. The zero-order valence-corrected chi connectivity index (χ0v) is 15.0. The molecule has 0 fully saturated rings. The van der Waals surface area contributed by atoms with Crippen molar-refractivity contribution in [1.82, 2.24) is 5.32 Å². The Morgan fingerprint density at radius 2 is 2.00 bits per heavy atom. The fourth-order valence-corrected chi connectivity index (χ4v) is 2.49. The highest BCUT2D eigenvalue weighted by atomic mass is 16.7. The molecule has 2 aromatic carbocycles. The van der Waals surface area contributed by atoms with E-state index >= 15 is 0 Å². The largest absolute Gasteiger partial charge is 0.493 e. The molecule has 0 saturated carbocycles. The molecule has 0 radical (unpaired) electrons. The van der Waals surface area contributed by atoms with E-state index in [0.717, 1.165) is 12.0 Å². The highest BCUT2D eigenvalue weighted by Crippen LogP contribution is 2.32. The van der Waals surface area contributed by atoms with Gasteiger partial charge in [0.1, 0.15) is 11.5 Å². The molecule has 7 heteroatoms. The fraction of sp³-hybridized carbons (Fsp3) is 0.300. The Labute approximate surface area is 157 Å². The number of carbonyl (C=O) groups is 2. The predicted molar refractivity (Wildman–Crippen MR) is 97.5 cm³/mol. The van der Waals surface area contributed by atoms with Crippen molar-refractivity contribution in [2.75, 3.05) is 20.0 Å². The van der Waals surface area contributed by atoms with Gasteiger partial charge in [-0.25, -0.2) is 0 Å². The zero-order valence-electron chi connectivity index (χ0n) is 15.0. The maximum absolute atomic E-state index is 12.1. The number of hydrogen-bond donors (Lipinski definition) is 1. The minimum absolute atomic E-state index is 0.206. The first-order valence-electron chi connectivity index (χ1n) is 8.69. The van der Waals surface area contributed by atoms with E-state index in [1.54, 1.807) is 24.3 Å². The summed E-state index contributed by atoms with van der Waals surface area (Å²) in [7, 11) is 0. The number of amides is 1. The summed E-state index contributed by atoms with van der Waals surface area (Å²) < 4.78 is 21.6. The van der Waals surface area contributed by atoms with Crippen LogP contribution in [-0.2, 0) is 11.3 Å². The van der Waals surface area contributed by atoms with Crippen molar-refractivity contribution in [1.29, 1.82) is 0 Å². The van der Waals surface area contributed by atoms with Crippen LogP contribution in [-0.4, -0.2) is 32.2 Å². The van der Waals surface area contributed by atoms with Crippen molar-refractivity contribution >= 4 is 12.2 Å². The molecule has 0 aromatic heterocycles. The lowest BCUT2D eigenvalue weighted by atomic mass is 10.2. The third kappa shape index (κ3) is 4.91. The number of aldehydes is 1. The lowest BCUT2D eigenvalue weighted by molar-refractivity contribution is -0.123. The second-order valence-electron chi connectivity index (χ2n) is 5.92. The van der Waals surface area contributed by atoms with Crippen molar-refractivity contribution in [3.8, 4) is 23.0 Å². The van der Waals surface area contributed by atoms with Gasteiger partial charge in [-0.2, -0.15) is 0 Å². The molecule has 27 heavy (non-hydrogen) atoms. The van der Waals surface area contributed by atoms with Crippen LogP contribution in [0.4, 0.5) is 0 Å². The smallest absolute Gasteiger partial charge is 0.258 e. The second kappa shape index (κ2) is 8.93. The highest BCUT2D eigenvalue weighted by molar-refractivity contribution is 5.81. The van der Waals surface area contributed by atoms with Crippen LogP contribution in [0.5, 0.6) is 23.0 Å². The molecule has 0 spiro atoms. The molecule has 0 unspecified atom stereocenters. The van der Waals surface area contributed by atoms with Crippen LogP contribution < -0.4 is 24.3 Å². The van der Waals surface area contributed by atoms with E-state index in [4.69, 9.17) is 18.9 Å².